The number of benzene rings is 1. The average molecular weight is 336 g/mol. The minimum atomic E-state index is -1.15. The number of ether oxygens (including phenoxy) is 2. The van der Waals surface area contributed by atoms with Gasteiger partial charge in [0.2, 0.25) is 0 Å². The van der Waals surface area contributed by atoms with E-state index in [1.165, 1.54) is 0 Å². The van der Waals surface area contributed by atoms with Gasteiger partial charge in [-0.2, -0.15) is 0 Å². The first-order valence-corrected chi connectivity index (χ1v) is 9.14. The fourth-order valence-electron chi connectivity index (χ4n) is 1.95. The number of rotatable bonds is 11. The zero-order valence-corrected chi connectivity index (χ0v) is 14.5. The highest BCUT2D eigenvalue weighted by Gasteiger charge is 2.10. The molecule has 1 rings (SSSR count). The smallest absolute Gasteiger partial charge is 0.261 e. The molecule has 1 aromatic carbocycles. The van der Waals surface area contributed by atoms with Gasteiger partial charge in [0, 0.05) is 19.3 Å². The van der Waals surface area contributed by atoms with Crippen LogP contribution in [0.15, 0.2) is 12.1 Å². The van der Waals surface area contributed by atoms with Crippen molar-refractivity contribution in [3.8, 4) is 0 Å². The van der Waals surface area contributed by atoms with Crippen molar-refractivity contribution >= 4 is 9.76 Å². The maximum atomic E-state index is 13.4. The first kappa shape index (κ1) is 19.2. The largest absolute Gasteiger partial charge is 0.379 e. The quantitative estimate of drug-likeness (QED) is 0.269. The van der Waals surface area contributed by atoms with E-state index in [1.54, 1.807) is 0 Å². The molecule has 3 nitrogen and oxygen atoms in total. The Kier molecular flexibility index (Phi) is 9.38. The molecule has 0 radical (unpaired) electrons. The van der Waals surface area contributed by atoms with E-state index in [-0.39, 0.29) is 5.56 Å². The Morgan fingerprint density at radius 1 is 0.955 bits per heavy atom. The van der Waals surface area contributed by atoms with Crippen molar-refractivity contribution in [1.29, 1.82) is 0 Å². The van der Waals surface area contributed by atoms with E-state index < -0.39 is 33.7 Å². The Bertz CT molecular complexity index is 440. The van der Waals surface area contributed by atoms with Crippen LogP contribution < -0.4 is 0 Å². The molecule has 0 saturated carbocycles. The molecule has 126 valence electrons. The van der Waals surface area contributed by atoms with Gasteiger partial charge in [-0.3, -0.25) is 0 Å². The third-order valence-corrected chi connectivity index (χ3v) is 4.34. The molecule has 0 heterocycles. The zero-order chi connectivity index (χ0) is 16.4. The summed E-state index contributed by atoms with van der Waals surface area (Å²) in [6.07, 6.45) is 1.93. The molecule has 0 atom stereocenters. The molecule has 0 bridgehead atoms. The number of halogens is 3. The zero-order valence-electron chi connectivity index (χ0n) is 13.0. The lowest BCUT2D eigenvalue weighted by molar-refractivity contribution is -0.243. The van der Waals surface area contributed by atoms with Gasteiger partial charge in [-0.25, -0.2) is 13.2 Å². The number of unbranched alkanes of at least 4 members (excludes halogenated alkanes) is 1. The van der Waals surface area contributed by atoms with Crippen LogP contribution in [-0.2, 0) is 20.3 Å². The van der Waals surface area contributed by atoms with Crippen molar-refractivity contribution in [2.75, 3.05) is 13.2 Å². The molecule has 22 heavy (non-hydrogen) atoms. The first-order chi connectivity index (χ1) is 10.6. The highest BCUT2D eigenvalue weighted by Crippen LogP contribution is 2.16. The predicted octanol–water partition coefficient (Wildman–Crippen LogP) is 3.30. The van der Waals surface area contributed by atoms with Crippen LogP contribution in [0.1, 0.15) is 32.3 Å². The van der Waals surface area contributed by atoms with Crippen LogP contribution in [-0.4, -0.2) is 29.5 Å². The summed E-state index contributed by atoms with van der Waals surface area (Å²) in [4.78, 5) is 0. The fraction of sp³-hybridized carbons (Fsp3) is 0.600. The summed E-state index contributed by atoms with van der Waals surface area (Å²) < 4.78 is 55.3. The molecule has 7 heteroatoms. The van der Waals surface area contributed by atoms with Crippen LogP contribution in [0.4, 0.5) is 13.2 Å². The summed E-state index contributed by atoms with van der Waals surface area (Å²) in [7, 11) is -0.779. The highest BCUT2D eigenvalue weighted by atomic mass is 28.2. The minimum Gasteiger partial charge on any atom is -0.379 e. The second kappa shape index (κ2) is 10.8. The van der Waals surface area contributed by atoms with Gasteiger partial charge in [0.15, 0.2) is 21.4 Å². The number of aryl methyl sites for hydroxylation is 1. The topological polar surface area (TPSA) is 27.7 Å². The van der Waals surface area contributed by atoms with Crippen LogP contribution in [0.5, 0.6) is 0 Å². The lowest BCUT2D eigenvalue weighted by Crippen LogP contribution is -2.22. The van der Waals surface area contributed by atoms with Gasteiger partial charge in [-0.1, -0.05) is 6.42 Å². The molecule has 0 aromatic heterocycles. The van der Waals surface area contributed by atoms with Crippen LogP contribution in [0.25, 0.3) is 0 Å². The molecule has 0 N–H and O–H groups in total. The summed E-state index contributed by atoms with van der Waals surface area (Å²) in [6, 6.07) is 2.41. The molecule has 0 spiro atoms. The van der Waals surface area contributed by atoms with Gasteiger partial charge in [-0.05, 0) is 44.4 Å². The lowest BCUT2D eigenvalue weighted by atomic mass is 10.1. The Hall–Kier alpha value is -0.893. The molecule has 1 aromatic rings. The molecule has 0 aliphatic heterocycles. The van der Waals surface area contributed by atoms with E-state index in [9.17, 15) is 13.2 Å². The monoisotopic (exact) mass is 336 g/mol. The Labute approximate surface area is 131 Å². The molecule has 0 aliphatic rings. The SMILES string of the molecule is CCOC(OCC)O[SiH2]CCCCc1cc(F)c(F)cc1F. The number of hydrogen-bond donors (Lipinski definition) is 0. The summed E-state index contributed by atoms with van der Waals surface area (Å²) in [5.74, 6) is -2.86. The summed E-state index contributed by atoms with van der Waals surface area (Å²) in [5, 5.41) is 0. The van der Waals surface area contributed by atoms with Crippen molar-refractivity contribution in [1.82, 2.24) is 0 Å². The Balaban J connectivity index is 2.21. The normalized spacial score (nSPS) is 11.9. The van der Waals surface area contributed by atoms with Crippen LogP contribution in [0, 0.1) is 17.5 Å². The van der Waals surface area contributed by atoms with Gasteiger partial charge in [0.1, 0.15) is 5.82 Å². The Morgan fingerprint density at radius 2 is 1.59 bits per heavy atom. The molecular formula is C15H23F3O3Si. The first-order valence-electron chi connectivity index (χ1n) is 7.56. The summed E-state index contributed by atoms with van der Waals surface area (Å²) in [6.45, 7) is 4.19. The van der Waals surface area contributed by atoms with Crippen molar-refractivity contribution in [2.45, 2.75) is 45.6 Å². The fourth-order valence-corrected chi connectivity index (χ4v) is 3.05. The summed E-state index contributed by atoms with van der Waals surface area (Å²) in [5.41, 5.74) is 0.211. The third kappa shape index (κ3) is 6.91. The van der Waals surface area contributed by atoms with E-state index >= 15 is 0 Å². The molecular weight excluding hydrogens is 313 g/mol. The lowest BCUT2D eigenvalue weighted by Gasteiger charge is -2.17. The van der Waals surface area contributed by atoms with E-state index in [0.717, 1.165) is 18.5 Å². The maximum absolute atomic E-state index is 13.4. The van der Waals surface area contributed by atoms with E-state index in [4.69, 9.17) is 13.9 Å². The molecule has 0 aliphatic carbocycles. The van der Waals surface area contributed by atoms with Gasteiger partial charge >= 0.3 is 0 Å². The van der Waals surface area contributed by atoms with E-state index in [2.05, 4.69) is 0 Å². The third-order valence-electron chi connectivity index (χ3n) is 3.04. The van der Waals surface area contributed by atoms with Crippen LogP contribution in [0.2, 0.25) is 6.04 Å². The van der Waals surface area contributed by atoms with Gasteiger partial charge < -0.3 is 13.9 Å². The van der Waals surface area contributed by atoms with E-state index in [0.29, 0.717) is 32.1 Å². The van der Waals surface area contributed by atoms with E-state index in [1.807, 2.05) is 13.8 Å². The number of hydrogen-bond acceptors (Lipinski definition) is 3. The van der Waals surface area contributed by atoms with Gasteiger partial charge in [0.05, 0.1) is 0 Å². The van der Waals surface area contributed by atoms with Gasteiger partial charge in [0.25, 0.3) is 6.48 Å². The van der Waals surface area contributed by atoms with Crippen LogP contribution >= 0.6 is 0 Å². The van der Waals surface area contributed by atoms with Crippen molar-refractivity contribution in [2.24, 2.45) is 0 Å². The molecule has 0 amide bonds. The van der Waals surface area contributed by atoms with Crippen molar-refractivity contribution in [3.05, 3.63) is 35.1 Å². The molecule has 0 saturated heterocycles. The average Bonchev–Trinajstić information content (AvgIpc) is 2.48. The molecule has 0 fully saturated rings. The molecule has 0 unspecified atom stereocenters. The van der Waals surface area contributed by atoms with Gasteiger partial charge in [-0.15, -0.1) is 0 Å². The van der Waals surface area contributed by atoms with Crippen molar-refractivity contribution < 1.29 is 27.1 Å². The van der Waals surface area contributed by atoms with Crippen molar-refractivity contribution in [3.63, 3.8) is 0 Å². The van der Waals surface area contributed by atoms with Crippen LogP contribution in [0.3, 0.4) is 0 Å². The maximum Gasteiger partial charge on any atom is 0.261 e. The highest BCUT2D eigenvalue weighted by molar-refractivity contribution is 6.27. The second-order valence-electron chi connectivity index (χ2n) is 4.74. The summed E-state index contributed by atoms with van der Waals surface area (Å²) >= 11 is 0. The Morgan fingerprint density at radius 3 is 2.23 bits per heavy atom. The predicted molar refractivity (Wildman–Crippen MR) is 80.7 cm³/mol. The standard InChI is InChI=1S/C15H23F3O3Si/c1-3-19-15(20-4-2)21-22-8-6-5-7-11-9-13(17)14(18)10-12(11)16/h9-10,15H,3-8,22H2,1-2H3. The minimum absolute atomic E-state index is 0.211. The second-order valence-corrected chi connectivity index (χ2v) is 6.19.